The largest absolute Gasteiger partial charge is 0.342 e. The first-order chi connectivity index (χ1) is 12.4. The number of thiophene rings is 1. The summed E-state index contributed by atoms with van der Waals surface area (Å²) in [5.41, 5.74) is 3.52. The van der Waals surface area contributed by atoms with Gasteiger partial charge in [-0.05, 0) is 37.4 Å². The third-order valence-electron chi connectivity index (χ3n) is 4.01. The van der Waals surface area contributed by atoms with E-state index in [4.69, 9.17) is 0 Å². The second-order valence-corrected chi connectivity index (χ2v) is 7.01. The first-order valence-corrected chi connectivity index (χ1v) is 9.04. The van der Waals surface area contributed by atoms with Crippen molar-refractivity contribution in [2.75, 3.05) is 18.9 Å². The Kier molecular flexibility index (Phi) is 5.18. The molecule has 7 heteroatoms. The molecule has 3 aromatic rings. The molecule has 6 nitrogen and oxygen atoms in total. The predicted octanol–water partition coefficient (Wildman–Crippen LogP) is 3.47. The molecule has 0 fully saturated rings. The molecule has 134 valence electrons. The highest BCUT2D eigenvalue weighted by Crippen LogP contribution is 2.21. The van der Waals surface area contributed by atoms with Gasteiger partial charge in [-0.2, -0.15) is 0 Å². The number of rotatable bonds is 5. The van der Waals surface area contributed by atoms with E-state index in [0.29, 0.717) is 10.6 Å². The van der Waals surface area contributed by atoms with E-state index < -0.39 is 0 Å². The molecule has 0 unspecified atom stereocenters. The van der Waals surface area contributed by atoms with Crippen LogP contribution < -0.4 is 5.32 Å². The molecule has 0 atom stereocenters. The van der Waals surface area contributed by atoms with Gasteiger partial charge in [-0.3, -0.25) is 9.59 Å². The van der Waals surface area contributed by atoms with Gasteiger partial charge < -0.3 is 15.2 Å². The summed E-state index contributed by atoms with van der Waals surface area (Å²) >= 11 is 1.36. The molecule has 0 bridgehead atoms. The third-order valence-corrected chi connectivity index (χ3v) is 4.87. The van der Waals surface area contributed by atoms with E-state index >= 15 is 0 Å². The van der Waals surface area contributed by atoms with Crippen LogP contribution in [0.2, 0.25) is 0 Å². The third kappa shape index (κ3) is 4.00. The molecule has 0 saturated carbocycles. The monoisotopic (exact) mass is 368 g/mol. The second kappa shape index (κ2) is 7.53. The van der Waals surface area contributed by atoms with Gasteiger partial charge in [-0.15, -0.1) is 11.3 Å². The molecule has 2 heterocycles. The number of hydrogen-bond acceptors (Lipinski definition) is 4. The average Bonchev–Trinajstić information content (AvgIpc) is 3.25. The van der Waals surface area contributed by atoms with Gasteiger partial charge in [0, 0.05) is 24.0 Å². The van der Waals surface area contributed by atoms with Crippen molar-refractivity contribution in [3.8, 4) is 11.4 Å². The summed E-state index contributed by atoms with van der Waals surface area (Å²) in [5.74, 6) is 0.355. The van der Waals surface area contributed by atoms with Gasteiger partial charge in [-0.1, -0.05) is 18.2 Å². The van der Waals surface area contributed by atoms with Gasteiger partial charge in [-0.25, -0.2) is 4.98 Å². The van der Waals surface area contributed by atoms with Crippen molar-refractivity contribution in [3.05, 3.63) is 58.0 Å². The van der Waals surface area contributed by atoms with Crippen LogP contribution in [0.15, 0.2) is 41.8 Å². The van der Waals surface area contributed by atoms with Gasteiger partial charge in [0.1, 0.15) is 5.82 Å². The minimum absolute atomic E-state index is 0.0140. The van der Waals surface area contributed by atoms with Gasteiger partial charge in [0.05, 0.1) is 17.1 Å². The highest BCUT2D eigenvalue weighted by Gasteiger charge is 2.16. The van der Waals surface area contributed by atoms with Crippen LogP contribution in [0.5, 0.6) is 0 Å². The molecule has 26 heavy (non-hydrogen) atoms. The van der Waals surface area contributed by atoms with E-state index in [0.717, 1.165) is 22.8 Å². The number of likely N-dealkylation sites (N-methyl/N-ethyl adjacent to an activating group) is 1. The Morgan fingerprint density at radius 3 is 2.69 bits per heavy atom. The van der Waals surface area contributed by atoms with Gasteiger partial charge >= 0.3 is 0 Å². The summed E-state index contributed by atoms with van der Waals surface area (Å²) < 4.78 is 0. The number of amides is 2. The summed E-state index contributed by atoms with van der Waals surface area (Å²) in [6.45, 7) is 3.90. The molecule has 0 radical (unpaired) electrons. The fourth-order valence-corrected chi connectivity index (χ4v) is 3.22. The van der Waals surface area contributed by atoms with Crippen molar-refractivity contribution in [2.24, 2.45) is 0 Å². The summed E-state index contributed by atoms with van der Waals surface area (Å²) in [4.78, 5) is 34.2. The number of nitrogens with zero attached hydrogens (tertiary/aromatic N) is 2. The highest BCUT2D eigenvalue weighted by molar-refractivity contribution is 7.12. The van der Waals surface area contributed by atoms with Crippen LogP contribution in [0.25, 0.3) is 11.4 Å². The molecule has 3 rings (SSSR count). The Labute approximate surface area is 155 Å². The van der Waals surface area contributed by atoms with E-state index in [1.165, 1.54) is 16.2 Å². The van der Waals surface area contributed by atoms with Crippen LogP contribution in [0.3, 0.4) is 0 Å². The molecular formula is C19H20N4O2S. The fourth-order valence-electron chi connectivity index (χ4n) is 2.50. The number of hydrogen-bond donors (Lipinski definition) is 2. The van der Waals surface area contributed by atoms with E-state index in [1.807, 2.05) is 49.6 Å². The predicted molar refractivity (Wildman–Crippen MR) is 103 cm³/mol. The smallest absolute Gasteiger partial charge is 0.264 e. The maximum Gasteiger partial charge on any atom is 0.264 e. The number of carbonyl (C=O) groups is 2. The lowest BCUT2D eigenvalue weighted by Gasteiger charge is -2.16. The average molecular weight is 368 g/mol. The molecule has 0 aliphatic carbocycles. The Morgan fingerprint density at radius 1 is 1.23 bits per heavy atom. The summed E-state index contributed by atoms with van der Waals surface area (Å²) in [7, 11) is 1.62. The minimum Gasteiger partial charge on any atom is -0.342 e. The lowest BCUT2D eigenvalue weighted by Crippen LogP contribution is -2.34. The van der Waals surface area contributed by atoms with E-state index in [9.17, 15) is 9.59 Å². The lowest BCUT2D eigenvalue weighted by atomic mass is 10.2. The molecule has 1 aromatic carbocycles. The molecule has 0 saturated heterocycles. The molecule has 0 spiro atoms. The number of aromatic amines is 1. The Balaban J connectivity index is 1.66. The lowest BCUT2D eigenvalue weighted by molar-refractivity contribution is -0.116. The summed E-state index contributed by atoms with van der Waals surface area (Å²) in [6, 6.07) is 11.0. The van der Waals surface area contributed by atoms with Crippen LogP contribution in [0, 0.1) is 13.8 Å². The number of imidazole rings is 1. The number of carbonyl (C=O) groups excluding carboxylic acids is 2. The van der Waals surface area contributed by atoms with Crippen molar-refractivity contribution in [1.82, 2.24) is 14.9 Å². The minimum atomic E-state index is -0.249. The highest BCUT2D eigenvalue weighted by atomic mass is 32.1. The quantitative estimate of drug-likeness (QED) is 0.724. The molecule has 2 aromatic heterocycles. The molecular weight excluding hydrogens is 348 g/mol. The van der Waals surface area contributed by atoms with Crippen molar-refractivity contribution in [3.63, 3.8) is 0 Å². The van der Waals surface area contributed by atoms with Crippen molar-refractivity contribution in [2.45, 2.75) is 13.8 Å². The summed E-state index contributed by atoms with van der Waals surface area (Å²) in [5, 5.41) is 4.67. The first kappa shape index (κ1) is 17.9. The van der Waals surface area contributed by atoms with Crippen LogP contribution in [0.1, 0.15) is 21.1 Å². The molecule has 2 N–H and O–H groups in total. The van der Waals surface area contributed by atoms with E-state index in [1.54, 1.807) is 13.1 Å². The van der Waals surface area contributed by atoms with Gasteiger partial charge in [0.25, 0.3) is 5.91 Å². The second-order valence-electron chi connectivity index (χ2n) is 6.06. The van der Waals surface area contributed by atoms with E-state index in [2.05, 4.69) is 15.3 Å². The number of benzene rings is 1. The first-order valence-electron chi connectivity index (χ1n) is 8.16. The van der Waals surface area contributed by atoms with Crippen LogP contribution in [0.4, 0.5) is 5.69 Å². The zero-order valence-corrected chi connectivity index (χ0v) is 15.7. The molecule has 0 aliphatic rings. The van der Waals surface area contributed by atoms with Crippen molar-refractivity contribution < 1.29 is 9.59 Å². The van der Waals surface area contributed by atoms with Crippen molar-refractivity contribution >= 4 is 28.8 Å². The zero-order valence-electron chi connectivity index (χ0n) is 14.9. The Morgan fingerprint density at radius 2 is 2.04 bits per heavy atom. The SMILES string of the molecule is Cc1nc(-c2cccc(NC(=O)CN(C)C(=O)c3cccs3)c2)[nH]c1C. The van der Waals surface area contributed by atoms with Gasteiger partial charge in [0.2, 0.25) is 5.91 Å². The van der Waals surface area contributed by atoms with Crippen molar-refractivity contribution in [1.29, 1.82) is 0 Å². The van der Waals surface area contributed by atoms with Crippen LogP contribution in [-0.4, -0.2) is 40.3 Å². The number of nitrogens with one attached hydrogen (secondary N) is 2. The maximum absolute atomic E-state index is 12.3. The number of aromatic nitrogens is 2. The maximum atomic E-state index is 12.3. The molecule has 2 amide bonds. The van der Waals surface area contributed by atoms with E-state index in [-0.39, 0.29) is 18.4 Å². The summed E-state index contributed by atoms with van der Waals surface area (Å²) in [6.07, 6.45) is 0. The van der Waals surface area contributed by atoms with Gasteiger partial charge in [0.15, 0.2) is 0 Å². The van der Waals surface area contributed by atoms with Crippen LogP contribution in [-0.2, 0) is 4.79 Å². The Hall–Kier alpha value is -2.93. The number of H-pyrrole nitrogens is 1. The standard InChI is InChI=1S/C19H20N4O2S/c1-12-13(2)21-18(20-12)14-6-4-7-15(10-14)22-17(24)11-23(3)19(25)16-8-5-9-26-16/h4-10H,11H2,1-3H3,(H,20,21)(H,22,24). The normalized spacial score (nSPS) is 10.6. The molecule has 0 aliphatic heterocycles. The number of aryl methyl sites for hydroxylation is 2. The topological polar surface area (TPSA) is 78.1 Å². The number of anilines is 1. The van der Waals surface area contributed by atoms with Crippen LogP contribution >= 0.6 is 11.3 Å². The Bertz CT molecular complexity index is 911. The fraction of sp³-hybridized carbons (Fsp3) is 0.211. The zero-order chi connectivity index (χ0) is 18.7.